The molecule has 3 nitrogen and oxygen atoms in total. The number of methoxy groups -OCH3 is 1. The number of hydrogen-bond acceptors (Lipinski definition) is 2. The van der Waals surface area contributed by atoms with Gasteiger partial charge in [0.15, 0.2) is 0 Å². The van der Waals surface area contributed by atoms with Crippen LogP contribution in [0.1, 0.15) is 12.5 Å². The highest BCUT2D eigenvalue weighted by atomic mass is 16.5. The van der Waals surface area contributed by atoms with Crippen LogP contribution in [0.4, 0.5) is 0 Å². The van der Waals surface area contributed by atoms with Crippen molar-refractivity contribution in [1.82, 2.24) is 0 Å². The Morgan fingerprint density at radius 1 is 1.05 bits per heavy atom. The summed E-state index contributed by atoms with van der Waals surface area (Å²) in [7, 11) is 1.62. The molecule has 0 radical (unpaired) electrons. The lowest BCUT2D eigenvalue weighted by Gasteiger charge is -2.11. The van der Waals surface area contributed by atoms with Gasteiger partial charge in [0.1, 0.15) is 5.75 Å². The first-order valence-electron chi connectivity index (χ1n) is 6.27. The molecular weight excluding hydrogens is 252 g/mol. The SMILES string of the molecule is COc1ccccc1-c1ccccc1/C=C(\C)C(=O)O. The Morgan fingerprint density at radius 2 is 1.65 bits per heavy atom. The predicted octanol–water partition coefficient (Wildman–Crippen LogP) is 3.85. The monoisotopic (exact) mass is 268 g/mol. The third-order valence-electron chi connectivity index (χ3n) is 3.07. The Labute approximate surface area is 118 Å². The smallest absolute Gasteiger partial charge is 0.331 e. The topological polar surface area (TPSA) is 46.5 Å². The molecule has 3 heteroatoms. The minimum absolute atomic E-state index is 0.298. The summed E-state index contributed by atoms with van der Waals surface area (Å²) in [4.78, 5) is 11.0. The van der Waals surface area contributed by atoms with Gasteiger partial charge in [-0.1, -0.05) is 42.5 Å². The van der Waals surface area contributed by atoms with E-state index in [4.69, 9.17) is 9.84 Å². The standard InChI is InChI=1S/C17H16O3/c1-12(17(18)19)11-13-7-3-4-8-14(13)15-9-5-6-10-16(15)20-2/h3-11H,1-2H3,(H,18,19)/b12-11+. The normalized spacial score (nSPS) is 11.2. The molecule has 0 heterocycles. The van der Waals surface area contributed by atoms with Gasteiger partial charge in [-0.05, 0) is 30.2 Å². The van der Waals surface area contributed by atoms with Gasteiger partial charge in [0, 0.05) is 11.1 Å². The van der Waals surface area contributed by atoms with E-state index in [0.29, 0.717) is 5.57 Å². The average Bonchev–Trinajstić information content (AvgIpc) is 2.47. The van der Waals surface area contributed by atoms with E-state index in [1.54, 1.807) is 20.1 Å². The van der Waals surface area contributed by atoms with Gasteiger partial charge in [-0.15, -0.1) is 0 Å². The Morgan fingerprint density at radius 3 is 2.30 bits per heavy atom. The van der Waals surface area contributed by atoms with E-state index in [2.05, 4.69) is 0 Å². The molecule has 0 aliphatic rings. The molecule has 0 aliphatic carbocycles. The third kappa shape index (κ3) is 2.88. The molecule has 20 heavy (non-hydrogen) atoms. The summed E-state index contributed by atoms with van der Waals surface area (Å²) in [6, 6.07) is 15.4. The Balaban J connectivity index is 2.58. The van der Waals surface area contributed by atoms with Crippen LogP contribution in [-0.4, -0.2) is 18.2 Å². The van der Waals surface area contributed by atoms with E-state index in [1.807, 2.05) is 48.5 Å². The van der Waals surface area contributed by atoms with Crippen LogP contribution >= 0.6 is 0 Å². The first-order valence-corrected chi connectivity index (χ1v) is 6.27. The molecule has 0 saturated heterocycles. The molecule has 0 spiro atoms. The van der Waals surface area contributed by atoms with Crippen molar-refractivity contribution in [2.45, 2.75) is 6.92 Å². The maximum atomic E-state index is 11.0. The van der Waals surface area contributed by atoms with Crippen molar-refractivity contribution in [1.29, 1.82) is 0 Å². The average molecular weight is 268 g/mol. The van der Waals surface area contributed by atoms with Gasteiger partial charge >= 0.3 is 5.97 Å². The van der Waals surface area contributed by atoms with E-state index in [1.165, 1.54) is 0 Å². The first kappa shape index (κ1) is 13.9. The number of benzene rings is 2. The van der Waals surface area contributed by atoms with Gasteiger partial charge in [0.2, 0.25) is 0 Å². The van der Waals surface area contributed by atoms with Crippen LogP contribution in [0, 0.1) is 0 Å². The largest absolute Gasteiger partial charge is 0.496 e. The zero-order chi connectivity index (χ0) is 14.5. The quantitative estimate of drug-likeness (QED) is 0.857. The van der Waals surface area contributed by atoms with Gasteiger partial charge in [-0.3, -0.25) is 0 Å². The van der Waals surface area contributed by atoms with Crippen molar-refractivity contribution in [2.24, 2.45) is 0 Å². The second-order valence-corrected chi connectivity index (χ2v) is 4.42. The van der Waals surface area contributed by atoms with Gasteiger partial charge < -0.3 is 9.84 Å². The molecule has 0 atom stereocenters. The Hall–Kier alpha value is -2.55. The summed E-state index contributed by atoms with van der Waals surface area (Å²) in [5.41, 5.74) is 3.05. The Bertz CT molecular complexity index is 657. The third-order valence-corrected chi connectivity index (χ3v) is 3.07. The number of para-hydroxylation sites is 1. The van der Waals surface area contributed by atoms with E-state index in [0.717, 1.165) is 22.4 Å². The van der Waals surface area contributed by atoms with Crippen LogP contribution in [-0.2, 0) is 4.79 Å². The van der Waals surface area contributed by atoms with Crippen LogP contribution in [0.3, 0.4) is 0 Å². The highest BCUT2D eigenvalue weighted by molar-refractivity contribution is 5.93. The summed E-state index contributed by atoms with van der Waals surface area (Å²) in [5.74, 6) is -0.152. The van der Waals surface area contributed by atoms with Crippen LogP contribution < -0.4 is 4.74 Å². The van der Waals surface area contributed by atoms with Crippen molar-refractivity contribution < 1.29 is 14.6 Å². The molecule has 0 fully saturated rings. The second kappa shape index (κ2) is 6.06. The van der Waals surface area contributed by atoms with Crippen molar-refractivity contribution in [3.63, 3.8) is 0 Å². The lowest BCUT2D eigenvalue weighted by Crippen LogP contribution is -1.96. The maximum Gasteiger partial charge on any atom is 0.331 e. The summed E-state index contributed by atoms with van der Waals surface area (Å²) in [6.45, 7) is 1.58. The molecule has 2 rings (SSSR count). The number of aliphatic carboxylic acids is 1. The fraction of sp³-hybridized carbons (Fsp3) is 0.118. The molecule has 2 aromatic rings. The van der Waals surface area contributed by atoms with Crippen LogP contribution in [0.5, 0.6) is 5.75 Å². The van der Waals surface area contributed by atoms with Gasteiger partial charge in [0.05, 0.1) is 7.11 Å². The van der Waals surface area contributed by atoms with E-state index < -0.39 is 5.97 Å². The molecule has 0 bridgehead atoms. The minimum Gasteiger partial charge on any atom is -0.496 e. The summed E-state index contributed by atoms with van der Waals surface area (Å²) >= 11 is 0. The molecule has 0 saturated carbocycles. The number of rotatable bonds is 4. The molecule has 102 valence electrons. The molecule has 0 aliphatic heterocycles. The molecule has 0 aromatic heterocycles. The van der Waals surface area contributed by atoms with Crippen LogP contribution in [0.15, 0.2) is 54.1 Å². The number of ether oxygens (including phenoxy) is 1. The maximum absolute atomic E-state index is 11.0. The number of carbonyl (C=O) groups is 1. The molecule has 0 unspecified atom stereocenters. The highest BCUT2D eigenvalue weighted by Crippen LogP contribution is 2.32. The van der Waals surface area contributed by atoms with Gasteiger partial charge in [-0.25, -0.2) is 4.79 Å². The fourth-order valence-corrected chi connectivity index (χ4v) is 2.03. The van der Waals surface area contributed by atoms with E-state index in [-0.39, 0.29) is 0 Å². The van der Waals surface area contributed by atoms with Crippen molar-refractivity contribution in [2.75, 3.05) is 7.11 Å². The predicted molar refractivity (Wildman–Crippen MR) is 79.7 cm³/mol. The van der Waals surface area contributed by atoms with Gasteiger partial charge in [-0.2, -0.15) is 0 Å². The van der Waals surface area contributed by atoms with Crippen molar-refractivity contribution in [3.05, 3.63) is 59.7 Å². The molecule has 2 aromatic carbocycles. The highest BCUT2D eigenvalue weighted by Gasteiger charge is 2.09. The molecule has 1 N–H and O–H groups in total. The molecular formula is C17H16O3. The summed E-state index contributed by atoms with van der Waals surface area (Å²) in [6.07, 6.45) is 1.67. The number of hydrogen-bond donors (Lipinski definition) is 1. The van der Waals surface area contributed by atoms with Crippen LogP contribution in [0.2, 0.25) is 0 Å². The molecule has 0 amide bonds. The van der Waals surface area contributed by atoms with Crippen LogP contribution in [0.25, 0.3) is 17.2 Å². The lowest BCUT2D eigenvalue weighted by atomic mass is 9.97. The van der Waals surface area contributed by atoms with E-state index in [9.17, 15) is 4.79 Å². The van der Waals surface area contributed by atoms with Gasteiger partial charge in [0.25, 0.3) is 0 Å². The minimum atomic E-state index is -0.917. The fourth-order valence-electron chi connectivity index (χ4n) is 2.03. The van der Waals surface area contributed by atoms with E-state index >= 15 is 0 Å². The summed E-state index contributed by atoms with van der Waals surface area (Å²) < 4.78 is 5.37. The number of carboxylic acids is 1. The Kier molecular flexibility index (Phi) is 4.20. The lowest BCUT2D eigenvalue weighted by molar-refractivity contribution is -0.132. The first-order chi connectivity index (χ1) is 9.63. The summed E-state index contributed by atoms with van der Waals surface area (Å²) in [5, 5.41) is 9.01. The van der Waals surface area contributed by atoms with Crippen molar-refractivity contribution >= 4 is 12.0 Å². The zero-order valence-electron chi connectivity index (χ0n) is 11.5. The second-order valence-electron chi connectivity index (χ2n) is 4.42. The number of carboxylic acid groups (broad SMARTS) is 1. The zero-order valence-corrected chi connectivity index (χ0v) is 11.5. The van der Waals surface area contributed by atoms with Crippen molar-refractivity contribution in [3.8, 4) is 16.9 Å².